The molecule has 8 heteroatoms. The molecule has 20 heavy (non-hydrogen) atoms. The van der Waals surface area contributed by atoms with Crippen molar-refractivity contribution >= 4 is 44.8 Å². The van der Waals surface area contributed by atoms with Gasteiger partial charge in [-0.2, -0.15) is 0 Å². The Morgan fingerprint density at radius 1 is 1.35 bits per heavy atom. The van der Waals surface area contributed by atoms with E-state index in [1.807, 2.05) is 0 Å². The van der Waals surface area contributed by atoms with Gasteiger partial charge in [0.1, 0.15) is 10.2 Å². The monoisotopic (exact) mass is 355 g/mol. The van der Waals surface area contributed by atoms with E-state index in [0.29, 0.717) is 10.3 Å². The third-order valence-corrected chi connectivity index (χ3v) is 3.09. The summed E-state index contributed by atoms with van der Waals surface area (Å²) in [7, 11) is 0. The minimum Gasteiger partial charge on any atom is -0.320 e. The number of carbonyl (C=O) groups excluding carboxylic acids is 1. The summed E-state index contributed by atoms with van der Waals surface area (Å²) in [4.78, 5) is 26.3. The van der Waals surface area contributed by atoms with Crippen molar-refractivity contribution in [3.8, 4) is 0 Å². The molecule has 0 saturated heterocycles. The number of nitro benzene ring substituents is 1. The molecule has 2 aromatic rings. The number of amides is 1. The zero-order valence-electron chi connectivity index (χ0n) is 9.84. The van der Waals surface area contributed by atoms with Crippen LogP contribution in [0.25, 0.3) is 0 Å². The molecule has 102 valence electrons. The number of hydrogen-bond donors (Lipinski definition) is 1. The average Bonchev–Trinajstić information content (AvgIpc) is 2.41. The highest BCUT2D eigenvalue weighted by Crippen LogP contribution is 2.23. The lowest BCUT2D eigenvalue weighted by atomic mass is 10.1. The van der Waals surface area contributed by atoms with Crippen LogP contribution in [0.4, 0.5) is 11.4 Å². The lowest BCUT2D eigenvalue weighted by Crippen LogP contribution is -2.14. The lowest BCUT2D eigenvalue weighted by Gasteiger charge is -2.06. The summed E-state index contributed by atoms with van der Waals surface area (Å²) in [5.41, 5.74) is 0.00913. The normalized spacial score (nSPS) is 10.1. The van der Waals surface area contributed by atoms with E-state index < -0.39 is 10.8 Å². The predicted octanol–water partition coefficient (Wildman–Crippen LogP) is 3.66. The number of halogens is 2. The molecule has 1 aromatic carbocycles. The van der Waals surface area contributed by atoms with Gasteiger partial charge in [-0.05, 0) is 40.2 Å². The summed E-state index contributed by atoms with van der Waals surface area (Å²) in [5.74, 6) is -0.622. The fraction of sp³-hybridized carbons (Fsp3) is 0. The van der Waals surface area contributed by atoms with Gasteiger partial charge in [0.15, 0.2) is 0 Å². The van der Waals surface area contributed by atoms with Crippen LogP contribution in [-0.4, -0.2) is 15.8 Å². The largest absolute Gasteiger partial charge is 0.320 e. The van der Waals surface area contributed by atoms with Crippen LogP contribution in [0.1, 0.15) is 10.4 Å². The molecule has 0 atom stereocenters. The molecule has 1 aromatic heterocycles. The first-order valence-corrected chi connectivity index (χ1v) is 6.51. The first-order chi connectivity index (χ1) is 9.47. The molecule has 0 aliphatic heterocycles. The van der Waals surface area contributed by atoms with Crippen LogP contribution in [0.5, 0.6) is 0 Å². The second-order valence-electron chi connectivity index (χ2n) is 3.74. The number of pyridine rings is 1. The highest BCUT2D eigenvalue weighted by molar-refractivity contribution is 9.10. The van der Waals surface area contributed by atoms with Gasteiger partial charge in [0, 0.05) is 11.1 Å². The van der Waals surface area contributed by atoms with Crippen molar-refractivity contribution < 1.29 is 9.72 Å². The van der Waals surface area contributed by atoms with E-state index >= 15 is 0 Å². The number of carbonyl (C=O) groups is 1. The fourth-order valence-corrected chi connectivity index (χ4v) is 1.90. The van der Waals surface area contributed by atoms with Crippen molar-refractivity contribution in [3.05, 3.63) is 61.8 Å². The average molecular weight is 357 g/mol. The molecular formula is C12H7BrClN3O3. The fourth-order valence-electron chi connectivity index (χ4n) is 1.50. The Labute approximate surface area is 127 Å². The first-order valence-electron chi connectivity index (χ1n) is 5.34. The van der Waals surface area contributed by atoms with Crippen molar-refractivity contribution in [3.63, 3.8) is 0 Å². The Morgan fingerprint density at radius 3 is 2.70 bits per heavy atom. The summed E-state index contributed by atoms with van der Waals surface area (Å²) in [6.45, 7) is 0. The SMILES string of the molecule is O=C(Nc1ccc(Br)nc1)c1cc(Cl)ccc1[N+](=O)[O-]. The van der Waals surface area contributed by atoms with Gasteiger partial charge in [0.25, 0.3) is 11.6 Å². The van der Waals surface area contributed by atoms with Crippen molar-refractivity contribution in [2.75, 3.05) is 5.32 Å². The van der Waals surface area contributed by atoms with E-state index in [-0.39, 0.29) is 16.3 Å². The van der Waals surface area contributed by atoms with Crippen LogP contribution in [0.2, 0.25) is 5.02 Å². The van der Waals surface area contributed by atoms with Crippen LogP contribution in [-0.2, 0) is 0 Å². The number of hydrogen-bond acceptors (Lipinski definition) is 4. The summed E-state index contributed by atoms with van der Waals surface area (Å²) in [6.07, 6.45) is 1.43. The molecule has 0 saturated carbocycles. The quantitative estimate of drug-likeness (QED) is 0.516. The van der Waals surface area contributed by atoms with E-state index in [0.717, 1.165) is 0 Å². The molecular weight excluding hydrogens is 350 g/mol. The summed E-state index contributed by atoms with van der Waals surface area (Å²) < 4.78 is 0.615. The van der Waals surface area contributed by atoms with E-state index in [9.17, 15) is 14.9 Å². The number of nitrogens with zero attached hydrogens (tertiary/aromatic N) is 2. The van der Waals surface area contributed by atoms with Crippen molar-refractivity contribution in [2.45, 2.75) is 0 Å². The summed E-state index contributed by atoms with van der Waals surface area (Å²) >= 11 is 8.93. The van der Waals surface area contributed by atoms with Crippen LogP contribution >= 0.6 is 27.5 Å². The van der Waals surface area contributed by atoms with Gasteiger partial charge in [-0.1, -0.05) is 11.6 Å². The van der Waals surface area contributed by atoms with Gasteiger partial charge in [0.05, 0.1) is 16.8 Å². The topological polar surface area (TPSA) is 85.1 Å². The van der Waals surface area contributed by atoms with Crippen LogP contribution in [0, 0.1) is 10.1 Å². The molecule has 2 rings (SSSR count). The smallest absolute Gasteiger partial charge is 0.282 e. The van der Waals surface area contributed by atoms with Gasteiger partial charge >= 0.3 is 0 Å². The van der Waals surface area contributed by atoms with E-state index in [1.54, 1.807) is 12.1 Å². The number of nitrogens with one attached hydrogen (secondary N) is 1. The molecule has 1 N–H and O–H groups in total. The zero-order chi connectivity index (χ0) is 14.7. The Bertz CT molecular complexity index is 676. The third kappa shape index (κ3) is 3.31. The summed E-state index contributed by atoms with van der Waals surface area (Å²) in [5, 5.41) is 13.7. The third-order valence-electron chi connectivity index (χ3n) is 2.39. The molecule has 1 amide bonds. The molecule has 0 radical (unpaired) electrons. The molecule has 0 aliphatic carbocycles. The van der Waals surface area contributed by atoms with E-state index in [2.05, 4.69) is 26.2 Å². The summed E-state index contributed by atoms with van der Waals surface area (Å²) in [6, 6.07) is 7.06. The van der Waals surface area contributed by atoms with E-state index in [4.69, 9.17) is 11.6 Å². The number of anilines is 1. The maximum atomic E-state index is 12.1. The molecule has 0 aliphatic rings. The van der Waals surface area contributed by atoms with E-state index in [1.165, 1.54) is 24.4 Å². The Hall–Kier alpha value is -1.99. The first kappa shape index (κ1) is 14.4. The van der Waals surface area contributed by atoms with Gasteiger partial charge in [0.2, 0.25) is 0 Å². The zero-order valence-corrected chi connectivity index (χ0v) is 12.2. The minimum atomic E-state index is -0.634. The molecule has 6 nitrogen and oxygen atoms in total. The molecule has 0 unspecified atom stereocenters. The van der Waals surface area contributed by atoms with Gasteiger partial charge in [-0.25, -0.2) is 4.98 Å². The molecule has 1 heterocycles. The molecule has 0 spiro atoms. The number of rotatable bonds is 3. The Kier molecular flexibility index (Phi) is 4.31. The maximum absolute atomic E-state index is 12.1. The predicted molar refractivity (Wildman–Crippen MR) is 78.0 cm³/mol. The van der Waals surface area contributed by atoms with Crippen molar-refractivity contribution in [1.29, 1.82) is 0 Å². The highest BCUT2D eigenvalue weighted by Gasteiger charge is 2.20. The second kappa shape index (κ2) is 5.98. The van der Waals surface area contributed by atoms with Crippen LogP contribution in [0.3, 0.4) is 0 Å². The van der Waals surface area contributed by atoms with Crippen molar-refractivity contribution in [1.82, 2.24) is 4.98 Å². The number of benzene rings is 1. The Morgan fingerprint density at radius 2 is 2.10 bits per heavy atom. The minimum absolute atomic E-state index is 0.106. The molecule has 0 bridgehead atoms. The second-order valence-corrected chi connectivity index (χ2v) is 4.99. The number of nitro groups is 1. The van der Waals surface area contributed by atoms with Gasteiger partial charge < -0.3 is 5.32 Å². The van der Waals surface area contributed by atoms with Gasteiger partial charge in [-0.3, -0.25) is 14.9 Å². The van der Waals surface area contributed by atoms with Crippen molar-refractivity contribution in [2.24, 2.45) is 0 Å². The van der Waals surface area contributed by atoms with Gasteiger partial charge in [-0.15, -0.1) is 0 Å². The standard InChI is InChI=1S/C12H7BrClN3O3/c13-11-4-2-8(6-15-11)16-12(18)9-5-7(14)1-3-10(9)17(19)20/h1-6H,(H,16,18). The highest BCUT2D eigenvalue weighted by atomic mass is 79.9. The van der Waals surface area contributed by atoms with Crippen LogP contribution in [0.15, 0.2) is 41.1 Å². The van der Waals surface area contributed by atoms with Crippen LogP contribution < -0.4 is 5.32 Å². The lowest BCUT2D eigenvalue weighted by molar-refractivity contribution is -0.385. The molecule has 0 fully saturated rings. The maximum Gasteiger partial charge on any atom is 0.282 e. The number of aromatic nitrogens is 1. The Balaban J connectivity index is 2.31.